The van der Waals surface area contributed by atoms with Gasteiger partial charge >= 0.3 is 5.97 Å². The number of nitrogens with zero attached hydrogens (tertiary/aromatic N) is 1. The molecule has 5 nitrogen and oxygen atoms in total. The van der Waals surface area contributed by atoms with Gasteiger partial charge in [0.2, 0.25) is 0 Å². The van der Waals surface area contributed by atoms with Crippen LogP contribution >= 0.6 is 11.8 Å². The number of β-amino-alcohol motifs (C(OH)–C–C–N with tert-alkyl or cyclic N) is 1. The number of carboxylic acid groups (broad SMARTS) is 1. The molecule has 0 radical (unpaired) electrons. The molecule has 4 N–H and O–H groups in total. The van der Waals surface area contributed by atoms with Crippen molar-refractivity contribution in [3.8, 4) is 0 Å². The van der Waals surface area contributed by atoms with E-state index in [1.807, 2.05) is 35.2 Å². The fraction of sp³-hybridized carbons (Fsp3) is 0.650. The van der Waals surface area contributed by atoms with Crippen molar-refractivity contribution in [2.24, 2.45) is 17.6 Å². The van der Waals surface area contributed by atoms with Crippen LogP contribution in [-0.4, -0.2) is 58.1 Å². The van der Waals surface area contributed by atoms with Crippen LogP contribution in [0.5, 0.6) is 0 Å². The van der Waals surface area contributed by atoms with Crippen LogP contribution in [0.1, 0.15) is 32.1 Å². The van der Waals surface area contributed by atoms with Gasteiger partial charge in [0.15, 0.2) is 0 Å². The first-order chi connectivity index (χ1) is 12.5. The summed E-state index contributed by atoms with van der Waals surface area (Å²) in [6.07, 6.45) is 4.78. The molecule has 6 heteroatoms. The van der Waals surface area contributed by atoms with Crippen molar-refractivity contribution in [2.75, 3.05) is 18.8 Å². The Morgan fingerprint density at radius 1 is 1.23 bits per heavy atom. The molecule has 0 aromatic heterocycles. The fourth-order valence-electron chi connectivity index (χ4n) is 4.35. The Balaban J connectivity index is 1.55. The second kappa shape index (κ2) is 9.22. The molecule has 1 saturated heterocycles. The number of nitrogens with two attached hydrogens (primary N) is 1. The minimum atomic E-state index is -0.770. The number of aliphatic hydroxyl groups is 1. The second-order valence-corrected chi connectivity index (χ2v) is 8.80. The average molecular weight is 379 g/mol. The number of aliphatic carboxylic acids is 1. The molecule has 0 bridgehead atoms. The van der Waals surface area contributed by atoms with E-state index in [1.165, 1.54) is 19.3 Å². The third-order valence-corrected chi connectivity index (χ3v) is 7.05. The highest BCUT2D eigenvalue weighted by Crippen LogP contribution is 2.38. The van der Waals surface area contributed by atoms with Gasteiger partial charge in [0.05, 0.1) is 6.10 Å². The lowest BCUT2D eigenvalue weighted by Crippen LogP contribution is -2.56. The molecule has 5 atom stereocenters. The highest BCUT2D eigenvalue weighted by atomic mass is 32.2. The zero-order valence-corrected chi connectivity index (χ0v) is 16.0. The molecule has 1 aromatic carbocycles. The smallest absolute Gasteiger partial charge is 0.320 e. The maximum absolute atomic E-state index is 11.7. The number of fused-ring (bicyclic) bond motifs is 1. The number of benzene rings is 1. The Kier molecular flexibility index (Phi) is 6.98. The number of rotatable bonds is 7. The summed E-state index contributed by atoms with van der Waals surface area (Å²) in [5.74, 6) is 0.943. The van der Waals surface area contributed by atoms with Crippen molar-refractivity contribution in [3.05, 3.63) is 30.3 Å². The van der Waals surface area contributed by atoms with Gasteiger partial charge < -0.3 is 15.9 Å². The topological polar surface area (TPSA) is 86.8 Å². The van der Waals surface area contributed by atoms with Crippen LogP contribution in [-0.2, 0) is 4.79 Å². The highest BCUT2D eigenvalue weighted by molar-refractivity contribution is 7.99. The summed E-state index contributed by atoms with van der Waals surface area (Å²) in [6.45, 7) is 1.12. The molecule has 2 aliphatic rings. The van der Waals surface area contributed by atoms with Gasteiger partial charge in [0, 0.05) is 29.8 Å². The molecule has 1 aliphatic heterocycles. The van der Waals surface area contributed by atoms with Crippen LogP contribution in [0.3, 0.4) is 0 Å². The summed E-state index contributed by atoms with van der Waals surface area (Å²) in [7, 11) is 0. The second-order valence-electron chi connectivity index (χ2n) is 7.70. The summed E-state index contributed by atoms with van der Waals surface area (Å²) in [6, 6.07) is 9.12. The molecule has 1 aliphatic carbocycles. The zero-order chi connectivity index (χ0) is 18.5. The van der Waals surface area contributed by atoms with E-state index >= 15 is 0 Å². The van der Waals surface area contributed by atoms with E-state index in [9.17, 15) is 15.0 Å². The van der Waals surface area contributed by atoms with Crippen LogP contribution < -0.4 is 5.73 Å². The van der Waals surface area contributed by atoms with Crippen LogP contribution in [0, 0.1) is 11.8 Å². The van der Waals surface area contributed by atoms with Crippen molar-refractivity contribution in [1.82, 2.24) is 4.90 Å². The molecule has 1 unspecified atom stereocenters. The quantitative estimate of drug-likeness (QED) is 0.632. The Bertz CT molecular complexity index is 586. The highest BCUT2D eigenvalue weighted by Gasteiger charge is 2.40. The number of carbonyl (C=O) groups is 1. The molecule has 0 spiro atoms. The van der Waals surface area contributed by atoms with Crippen LogP contribution in [0.25, 0.3) is 0 Å². The van der Waals surface area contributed by atoms with E-state index in [-0.39, 0.29) is 6.04 Å². The largest absolute Gasteiger partial charge is 0.480 e. The molecule has 1 aromatic rings. The van der Waals surface area contributed by atoms with Gasteiger partial charge in [-0.2, -0.15) is 0 Å². The molecular formula is C20H30N2O3S. The van der Waals surface area contributed by atoms with E-state index in [0.717, 1.165) is 17.9 Å². The first kappa shape index (κ1) is 19.7. The monoisotopic (exact) mass is 378 g/mol. The summed E-state index contributed by atoms with van der Waals surface area (Å²) >= 11 is 1.62. The van der Waals surface area contributed by atoms with E-state index in [2.05, 4.69) is 0 Å². The number of hydrogen-bond donors (Lipinski definition) is 3. The first-order valence-electron chi connectivity index (χ1n) is 9.63. The number of aliphatic hydroxyl groups excluding tert-OH is 1. The molecule has 26 heavy (non-hydrogen) atoms. The third-order valence-electron chi connectivity index (χ3n) is 5.89. The summed E-state index contributed by atoms with van der Waals surface area (Å²) in [4.78, 5) is 14.8. The lowest BCUT2D eigenvalue weighted by molar-refractivity contribution is -0.148. The zero-order valence-electron chi connectivity index (χ0n) is 15.2. The van der Waals surface area contributed by atoms with Gasteiger partial charge in [-0.1, -0.05) is 37.5 Å². The normalized spacial score (nSPS) is 28.9. The van der Waals surface area contributed by atoms with Gasteiger partial charge in [-0.3, -0.25) is 9.69 Å². The fourth-order valence-corrected chi connectivity index (χ4v) is 5.31. The van der Waals surface area contributed by atoms with Gasteiger partial charge in [-0.15, -0.1) is 11.8 Å². The van der Waals surface area contributed by atoms with Gasteiger partial charge in [-0.25, -0.2) is 0 Å². The summed E-state index contributed by atoms with van der Waals surface area (Å²) in [5, 5.41) is 20.2. The maximum Gasteiger partial charge on any atom is 0.320 e. The van der Waals surface area contributed by atoms with E-state index in [1.54, 1.807) is 11.8 Å². The lowest BCUT2D eigenvalue weighted by Gasteiger charge is -2.45. The maximum atomic E-state index is 11.7. The molecule has 2 fully saturated rings. The van der Waals surface area contributed by atoms with Gasteiger partial charge in [-0.05, 0) is 36.8 Å². The Morgan fingerprint density at radius 2 is 1.92 bits per heavy atom. The van der Waals surface area contributed by atoms with Crippen LogP contribution in [0.4, 0.5) is 0 Å². The average Bonchev–Trinajstić information content (AvgIpc) is 2.66. The van der Waals surface area contributed by atoms with Crippen LogP contribution in [0.15, 0.2) is 35.2 Å². The molecular weight excluding hydrogens is 348 g/mol. The predicted octanol–water partition coefficient (Wildman–Crippen LogP) is 2.43. The van der Waals surface area contributed by atoms with E-state index in [4.69, 9.17) is 5.73 Å². The van der Waals surface area contributed by atoms with Crippen molar-refractivity contribution in [3.63, 3.8) is 0 Å². The molecule has 0 amide bonds. The molecule has 3 rings (SSSR count). The Morgan fingerprint density at radius 3 is 2.62 bits per heavy atom. The summed E-state index contributed by atoms with van der Waals surface area (Å²) < 4.78 is 0. The van der Waals surface area contributed by atoms with Crippen molar-refractivity contribution < 1.29 is 15.0 Å². The minimum Gasteiger partial charge on any atom is -0.480 e. The van der Waals surface area contributed by atoms with Gasteiger partial charge in [0.25, 0.3) is 0 Å². The minimum absolute atomic E-state index is 0.344. The molecule has 1 heterocycles. The number of thioether (sulfide) groups is 1. The first-order valence-corrected chi connectivity index (χ1v) is 10.6. The number of hydrogen-bond acceptors (Lipinski definition) is 5. The lowest BCUT2D eigenvalue weighted by atomic mass is 9.73. The standard InChI is InChI=1S/C20H30N2O3S/c21-17(13-26-16-8-2-1-3-9-16)19(23)12-22-11-15-7-5-4-6-14(15)10-18(22)20(24)25/h1-3,8-9,14-15,17-19,23H,4-7,10-13,21H2,(H,24,25)/t14-,15+,17-,18-,19?/m0/s1. The summed E-state index contributed by atoms with van der Waals surface area (Å²) in [5.41, 5.74) is 6.19. The number of likely N-dealkylation sites (tertiary alicyclic amines) is 1. The Hall–Kier alpha value is -1.08. The molecule has 1 saturated carbocycles. The van der Waals surface area contributed by atoms with E-state index < -0.39 is 18.1 Å². The SMILES string of the molecule is N[C@@H](CSc1ccccc1)C(O)CN1C[C@H]2CCCC[C@H]2C[C@H]1C(=O)O. The van der Waals surface area contributed by atoms with Crippen molar-refractivity contribution in [2.45, 2.75) is 55.2 Å². The van der Waals surface area contributed by atoms with Crippen LogP contribution in [0.2, 0.25) is 0 Å². The van der Waals surface area contributed by atoms with E-state index in [0.29, 0.717) is 30.6 Å². The Labute approximate surface area is 160 Å². The van der Waals surface area contributed by atoms with Crippen molar-refractivity contribution >= 4 is 17.7 Å². The number of carboxylic acids is 1. The third kappa shape index (κ3) is 5.00. The molecule has 144 valence electrons. The number of piperidine rings is 1. The van der Waals surface area contributed by atoms with Gasteiger partial charge in [0.1, 0.15) is 6.04 Å². The van der Waals surface area contributed by atoms with Crippen molar-refractivity contribution in [1.29, 1.82) is 0 Å². The predicted molar refractivity (Wildman–Crippen MR) is 104 cm³/mol.